The minimum absolute atomic E-state index is 0.0329. The Labute approximate surface area is 197 Å². The molecule has 35 heavy (non-hydrogen) atoms. The van der Waals surface area contributed by atoms with Gasteiger partial charge in [0, 0.05) is 11.1 Å². The van der Waals surface area contributed by atoms with E-state index in [2.05, 4.69) is 9.97 Å². The molecule has 0 bridgehead atoms. The molecule has 9 heteroatoms. The van der Waals surface area contributed by atoms with Crippen LogP contribution in [-0.4, -0.2) is 18.4 Å². The number of oxazole rings is 2. The second-order valence-electron chi connectivity index (χ2n) is 7.81. The van der Waals surface area contributed by atoms with Crippen molar-refractivity contribution in [2.45, 2.75) is 9.79 Å². The molecule has 0 saturated heterocycles. The van der Waals surface area contributed by atoms with Gasteiger partial charge in [-0.3, -0.25) is 0 Å². The molecule has 6 nitrogen and oxygen atoms in total. The minimum atomic E-state index is -3.91. The average Bonchev–Trinajstić information content (AvgIpc) is 3.48. The Bertz CT molecular complexity index is 1690. The number of benzene rings is 4. The van der Waals surface area contributed by atoms with Gasteiger partial charge in [-0.15, -0.1) is 0 Å². The van der Waals surface area contributed by atoms with Crippen LogP contribution in [0.3, 0.4) is 0 Å². The highest BCUT2D eigenvalue weighted by molar-refractivity contribution is 7.91. The molecule has 0 unspecified atom stereocenters. The molecule has 0 saturated carbocycles. The van der Waals surface area contributed by atoms with Gasteiger partial charge in [0.1, 0.15) is 22.7 Å². The van der Waals surface area contributed by atoms with E-state index in [1.165, 1.54) is 84.9 Å². The maximum atomic E-state index is 13.3. The second kappa shape index (κ2) is 7.85. The van der Waals surface area contributed by atoms with Crippen LogP contribution in [0.15, 0.2) is 104 Å². The third kappa shape index (κ3) is 3.75. The third-order valence-corrected chi connectivity index (χ3v) is 7.27. The van der Waals surface area contributed by atoms with Gasteiger partial charge < -0.3 is 8.83 Å². The van der Waals surface area contributed by atoms with Crippen molar-refractivity contribution in [2.24, 2.45) is 0 Å². The third-order valence-electron chi connectivity index (χ3n) is 5.52. The Hall–Kier alpha value is -4.37. The van der Waals surface area contributed by atoms with Crippen molar-refractivity contribution < 1.29 is 26.0 Å². The van der Waals surface area contributed by atoms with Gasteiger partial charge in [0.2, 0.25) is 21.6 Å². The smallest absolute Gasteiger partial charge is 0.227 e. The summed E-state index contributed by atoms with van der Waals surface area (Å²) in [5.41, 5.74) is 2.65. The first-order valence-electron chi connectivity index (χ1n) is 10.4. The van der Waals surface area contributed by atoms with Crippen LogP contribution in [0.2, 0.25) is 0 Å². The van der Waals surface area contributed by atoms with Crippen LogP contribution >= 0.6 is 0 Å². The number of fused-ring (bicyclic) bond motifs is 2. The molecule has 0 aliphatic heterocycles. The number of aromatic nitrogens is 2. The lowest BCUT2D eigenvalue weighted by Gasteiger charge is -2.04. The minimum Gasteiger partial charge on any atom is -0.436 e. The molecule has 0 aliphatic rings. The normalized spacial score (nSPS) is 11.9. The van der Waals surface area contributed by atoms with E-state index >= 15 is 0 Å². The van der Waals surface area contributed by atoms with E-state index in [1.807, 2.05) is 0 Å². The van der Waals surface area contributed by atoms with Crippen molar-refractivity contribution in [3.8, 4) is 22.9 Å². The highest BCUT2D eigenvalue weighted by Crippen LogP contribution is 2.31. The van der Waals surface area contributed by atoms with E-state index in [0.717, 1.165) is 0 Å². The number of rotatable bonds is 4. The fourth-order valence-corrected chi connectivity index (χ4v) is 5.02. The molecule has 2 heterocycles. The molecule has 4 aromatic carbocycles. The van der Waals surface area contributed by atoms with Gasteiger partial charge in [0.05, 0.1) is 9.79 Å². The first kappa shape index (κ1) is 21.2. The monoisotopic (exact) mass is 488 g/mol. The molecule has 0 radical (unpaired) electrons. The number of hydrogen-bond donors (Lipinski definition) is 0. The number of hydrogen-bond acceptors (Lipinski definition) is 6. The van der Waals surface area contributed by atoms with Crippen molar-refractivity contribution in [3.05, 3.63) is 96.6 Å². The van der Waals surface area contributed by atoms with Gasteiger partial charge in [-0.05, 0) is 84.9 Å². The summed E-state index contributed by atoms with van der Waals surface area (Å²) in [5.74, 6) is -0.252. The summed E-state index contributed by atoms with van der Waals surface area (Å²) in [6.07, 6.45) is 0. The highest BCUT2D eigenvalue weighted by Gasteiger charge is 2.21. The Morgan fingerprint density at radius 1 is 0.571 bits per heavy atom. The summed E-state index contributed by atoms with van der Waals surface area (Å²) in [6.45, 7) is 0. The van der Waals surface area contributed by atoms with Gasteiger partial charge in [0.25, 0.3) is 0 Å². The van der Waals surface area contributed by atoms with E-state index in [9.17, 15) is 17.2 Å². The topological polar surface area (TPSA) is 86.2 Å². The van der Waals surface area contributed by atoms with Crippen molar-refractivity contribution in [3.63, 3.8) is 0 Å². The largest absolute Gasteiger partial charge is 0.436 e. The number of nitrogens with zero attached hydrogens (tertiary/aromatic N) is 2. The zero-order valence-corrected chi connectivity index (χ0v) is 18.6. The molecule has 2 aromatic heterocycles. The van der Waals surface area contributed by atoms with Crippen LogP contribution in [0.5, 0.6) is 0 Å². The van der Waals surface area contributed by atoms with Crippen LogP contribution in [-0.2, 0) is 9.84 Å². The van der Waals surface area contributed by atoms with Crippen molar-refractivity contribution >= 4 is 32.0 Å². The van der Waals surface area contributed by atoms with Crippen LogP contribution in [0.25, 0.3) is 45.1 Å². The van der Waals surface area contributed by atoms with Gasteiger partial charge in [-0.2, -0.15) is 0 Å². The lowest BCUT2D eigenvalue weighted by molar-refractivity contribution is 0.596. The summed E-state index contributed by atoms with van der Waals surface area (Å²) < 4.78 is 64.5. The predicted molar refractivity (Wildman–Crippen MR) is 124 cm³/mol. The highest BCUT2D eigenvalue weighted by atomic mass is 32.2. The van der Waals surface area contributed by atoms with Gasteiger partial charge in [0.15, 0.2) is 11.2 Å². The van der Waals surface area contributed by atoms with E-state index in [4.69, 9.17) is 8.83 Å². The van der Waals surface area contributed by atoms with E-state index < -0.39 is 9.84 Å². The van der Waals surface area contributed by atoms with Crippen LogP contribution < -0.4 is 0 Å². The molecule has 0 N–H and O–H groups in total. The number of halogens is 2. The fourth-order valence-electron chi connectivity index (χ4n) is 3.72. The molecule has 0 atom stereocenters. The predicted octanol–water partition coefficient (Wildman–Crippen LogP) is 6.41. The van der Waals surface area contributed by atoms with Crippen molar-refractivity contribution in [1.82, 2.24) is 9.97 Å². The van der Waals surface area contributed by atoms with Gasteiger partial charge in [-0.1, -0.05) is 0 Å². The van der Waals surface area contributed by atoms with Crippen molar-refractivity contribution in [2.75, 3.05) is 0 Å². The molecule has 0 spiro atoms. The lowest BCUT2D eigenvalue weighted by Crippen LogP contribution is -2.01. The Balaban J connectivity index is 1.37. The first-order valence-corrected chi connectivity index (χ1v) is 11.9. The summed E-state index contributed by atoms with van der Waals surface area (Å²) in [6, 6.07) is 20.1. The molecule has 6 aromatic rings. The molecular formula is C26H14F2N2O4S. The molecular weight excluding hydrogens is 474 g/mol. The van der Waals surface area contributed by atoms with E-state index in [-0.39, 0.29) is 33.2 Å². The maximum Gasteiger partial charge on any atom is 0.227 e. The summed E-state index contributed by atoms with van der Waals surface area (Å²) in [7, 11) is -3.91. The Morgan fingerprint density at radius 2 is 0.971 bits per heavy atom. The SMILES string of the molecule is O=S(=O)(c1ccc2oc(-c3ccc(F)cc3)nc2c1)c1ccc2oc(-c3ccc(F)cc3)nc2c1. The molecule has 0 amide bonds. The summed E-state index contributed by atoms with van der Waals surface area (Å²) in [4.78, 5) is 8.80. The quantitative estimate of drug-likeness (QED) is 0.285. The molecule has 6 rings (SSSR count). The van der Waals surface area contributed by atoms with E-state index in [0.29, 0.717) is 33.3 Å². The summed E-state index contributed by atoms with van der Waals surface area (Å²) >= 11 is 0. The number of sulfone groups is 1. The van der Waals surface area contributed by atoms with Crippen LogP contribution in [0.4, 0.5) is 8.78 Å². The fraction of sp³-hybridized carbons (Fsp3) is 0. The van der Waals surface area contributed by atoms with Crippen molar-refractivity contribution in [1.29, 1.82) is 0 Å². The second-order valence-corrected chi connectivity index (χ2v) is 9.76. The van der Waals surface area contributed by atoms with E-state index in [1.54, 1.807) is 0 Å². The first-order chi connectivity index (χ1) is 16.9. The van der Waals surface area contributed by atoms with Gasteiger partial charge >= 0.3 is 0 Å². The molecule has 0 fully saturated rings. The molecule has 0 aliphatic carbocycles. The zero-order chi connectivity index (χ0) is 24.2. The van der Waals surface area contributed by atoms with Crippen LogP contribution in [0.1, 0.15) is 0 Å². The zero-order valence-electron chi connectivity index (χ0n) is 17.8. The van der Waals surface area contributed by atoms with Gasteiger partial charge in [-0.25, -0.2) is 27.2 Å². The summed E-state index contributed by atoms with van der Waals surface area (Å²) in [5, 5.41) is 0. The lowest BCUT2D eigenvalue weighted by atomic mass is 10.2. The Morgan fingerprint density at radius 3 is 1.37 bits per heavy atom. The average molecular weight is 488 g/mol. The Kier molecular flexibility index (Phi) is 4.75. The van der Waals surface area contributed by atoms with Crippen LogP contribution in [0, 0.1) is 11.6 Å². The standard InChI is InChI=1S/C26H14F2N2O4S/c27-17-5-1-15(2-6-17)25-29-21-13-19(9-11-23(21)33-25)35(31,32)20-10-12-24-22(14-20)30-26(34-24)16-3-7-18(28)8-4-16/h1-14H. The molecule has 172 valence electrons. The maximum absolute atomic E-state index is 13.3.